The van der Waals surface area contributed by atoms with Gasteiger partial charge in [0.2, 0.25) is 0 Å². The van der Waals surface area contributed by atoms with Crippen molar-refractivity contribution >= 4 is 16.7 Å². The van der Waals surface area contributed by atoms with E-state index < -0.39 is 11.9 Å². The average Bonchev–Trinajstić information content (AvgIpc) is 2.76. The van der Waals surface area contributed by atoms with Crippen LogP contribution in [0.25, 0.3) is 10.9 Å². The summed E-state index contributed by atoms with van der Waals surface area (Å²) in [6.45, 7) is 6.24. The number of alkyl halides is 3. The molecular formula is C23H27F3N4O3. The number of rotatable bonds is 9. The first-order chi connectivity index (χ1) is 15.6. The van der Waals surface area contributed by atoms with Gasteiger partial charge >= 0.3 is 6.18 Å². The van der Waals surface area contributed by atoms with Crippen molar-refractivity contribution in [1.82, 2.24) is 15.0 Å². The van der Waals surface area contributed by atoms with Crippen molar-refractivity contribution in [2.24, 2.45) is 5.92 Å². The molecule has 0 fully saturated rings. The van der Waals surface area contributed by atoms with E-state index in [4.69, 9.17) is 14.2 Å². The minimum absolute atomic E-state index is 0.0516. The summed E-state index contributed by atoms with van der Waals surface area (Å²) in [6, 6.07) is 7.30. The molecule has 0 spiro atoms. The van der Waals surface area contributed by atoms with E-state index in [-0.39, 0.29) is 24.3 Å². The van der Waals surface area contributed by atoms with Gasteiger partial charge in [0, 0.05) is 18.6 Å². The first-order valence-corrected chi connectivity index (χ1v) is 10.4. The summed E-state index contributed by atoms with van der Waals surface area (Å²) < 4.78 is 55.9. The fourth-order valence-corrected chi connectivity index (χ4v) is 3.24. The van der Waals surface area contributed by atoms with Gasteiger partial charge in [-0.2, -0.15) is 13.2 Å². The van der Waals surface area contributed by atoms with Crippen LogP contribution in [-0.2, 0) is 17.5 Å². The molecule has 2 aromatic heterocycles. The molecule has 7 nitrogen and oxygen atoms in total. The standard InChI is InChI=1S/C23H27F3N4O3/c1-13(2)20(12-31-4)33-19-9-16-17(10-18(19)32-5)28-14(3)29-22(16)27-11-15-7-6-8-21(30-15)23(24,25)26/h6-10,13,20H,11-12H2,1-5H3,(H,27,28,29). The van der Waals surface area contributed by atoms with Crippen LogP contribution in [0, 0.1) is 12.8 Å². The predicted octanol–water partition coefficient (Wildman–Crippen LogP) is 5.02. The summed E-state index contributed by atoms with van der Waals surface area (Å²) in [6.07, 6.45) is -4.72. The molecule has 10 heteroatoms. The van der Waals surface area contributed by atoms with Crippen LogP contribution < -0.4 is 14.8 Å². The Labute approximate surface area is 190 Å². The number of nitrogens with one attached hydrogen (secondary N) is 1. The number of anilines is 1. The van der Waals surface area contributed by atoms with Gasteiger partial charge in [-0.1, -0.05) is 19.9 Å². The van der Waals surface area contributed by atoms with Gasteiger partial charge in [-0.25, -0.2) is 15.0 Å². The molecule has 0 saturated heterocycles. The van der Waals surface area contributed by atoms with Crippen LogP contribution in [0.15, 0.2) is 30.3 Å². The van der Waals surface area contributed by atoms with E-state index in [1.165, 1.54) is 12.1 Å². The molecule has 0 saturated carbocycles. The number of fused-ring (bicyclic) bond motifs is 1. The van der Waals surface area contributed by atoms with E-state index in [1.807, 2.05) is 13.8 Å². The molecular weight excluding hydrogens is 437 g/mol. The molecule has 0 aliphatic rings. The summed E-state index contributed by atoms with van der Waals surface area (Å²) in [5, 5.41) is 3.73. The number of ether oxygens (including phenoxy) is 3. The van der Waals surface area contributed by atoms with E-state index >= 15 is 0 Å². The van der Waals surface area contributed by atoms with Crippen molar-refractivity contribution in [1.29, 1.82) is 0 Å². The molecule has 3 rings (SSSR count). The lowest BCUT2D eigenvalue weighted by atomic mass is 10.1. The Bertz CT molecular complexity index is 1110. The van der Waals surface area contributed by atoms with Gasteiger partial charge in [-0.3, -0.25) is 0 Å². The molecule has 1 aromatic carbocycles. The zero-order chi connectivity index (χ0) is 24.2. The minimum atomic E-state index is -4.51. The van der Waals surface area contributed by atoms with Gasteiger partial charge in [-0.15, -0.1) is 0 Å². The molecule has 0 aliphatic carbocycles. The SMILES string of the molecule is COCC(Oc1cc2c(NCc3cccc(C(F)(F)F)n3)nc(C)nc2cc1OC)C(C)C. The third-order valence-corrected chi connectivity index (χ3v) is 4.98. The Morgan fingerprint density at radius 3 is 2.42 bits per heavy atom. The zero-order valence-electron chi connectivity index (χ0n) is 19.2. The topological polar surface area (TPSA) is 78.4 Å². The van der Waals surface area contributed by atoms with E-state index in [0.29, 0.717) is 40.7 Å². The Morgan fingerprint density at radius 1 is 1.03 bits per heavy atom. The summed E-state index contributed by atoms with van der Waals surface area (Å²) in [5.74, 6) is 2.14. The molecule has 0 radical (unpaired) electrons. The highest BCUT2D eigenvalue weighted by Crippen LogP contribution is 2.36. The third kappa shape index (κ3) is 6.01. The highest BCUT2D eigenvalue weighted by atomic mass is 19.4. The minimum Gasteiger partial charge on any atom is -0.493 e. The second-order valence-electron chi connectivity index (χ2n) is 7.86. The van der Waals surface area contributed by atoms with E-state index in [2.05, 4.69) is 20.3 Å². The first-order valence-electron chi connectivity index (χ1n) is 10.4. The Balaban J connectivity index is 1.96. The van der Waals surface area contributed by atoms with Crippen LogP contribution in [-0.4, -0.2) is 41.9 Å². The smallest absolute Gasteiger partial charge is 0.433 e. The van der Waals surface area contributed by atoms with Crippen molar-refractivity contribution < 1.29 is 27.4 Å². The lowest BCUT2D eigenvalue weighted by molar-refractivity contribution is -0.141. The molecule has 33 heavy (non-hydrogen) atoms. The zero-order valence-corrected chi connectivity index (χ0v) is 19.2. The van der Waals surface area contributed by atoms with Crippen molar-refractivity contribution in [2.45, 2.75) is 39.6 Å². The number of methoxy groups -OCH3 is 2. The highest BCUT2D eigenvalue weighted by molar-refractivity contribution is 5.91. The van der Waals surface area contributed by atoms with Gasteiger partial charge in [-0.05, 0) is 31.0 Å². The average molecular weight is 464 g/mol. The van der Waals surface area contributed by atoms with Crippen LogP contribution in [0.5, 0.6) is 11.5 Å². The molecule has 1 unspecified atom stereocenters. The predicted molar refractivity (Wildman–Crippen MR) is 119 cm³/mol. The normalized spacial score (nSPS) is 12.8. The first kappa shape index (κ1) is 24.5. The molecule has 3 aromatic rings. The quantitative estimate of drug-likeness (QED) is 0.476. The van der Waals surface area contributed by atoms with E-state index in [9.17, 15) is 13.2 Å². The number of halogens is 3. The molecule has 1 N–H and O–H groups in total. The third-order valence-electron chi connectivity index (χ3n) is 4.98. The Hall–Kier alpha value is -3.14. The number of aromatic nitrogens is 3. The lowest BCUT2D eigenvalue weighted by Crippen LogP contribution is -2.28. The van der Waals surface area contributed by atoms with Gasteiger partial charge in [0.05, 0.1) is 31.5 Å². The second-order valence-corrected chi connectivity index (χ2v) is 7.86. The van der Waals surface area contributed by atoms with Crippen LogP contribution in [0.3, 0.4) is 0 Å². The summed E-state index contributed by atoms with van der Waals surface area (Å²) in [5.41, 5.74) is -0.0953. The lowest BCUT2D eigenvalue weighted by Gasteiger charge is -2.23. The van der Waals surface area contributed by atoms with Gasteiger partial charge in [0.15, 0.2) is 11.5 Å². The summed E-state index contributed by atoms with van der Waals surface area (Å²) in [7, 11) is 3.15. The maximum Gasteiger partial charge on any atom is 0.433 e. The Morgan fingerprint density at radius 2 is 1.79 bits per heavy atom. The monoisotopic (exact) mass is 464 g/mol. The van der Waals surface area contributed by atoms with E-state index in [0.717, 1.165) is 6.07 Å². The van der Waals surface area contributed by atoms with Crippen LogP contribution in [0.4, 0.5) is 19.0 Å². The van der Waals surface area contributed by atoms with Crippen molar-refractivity contribution in [3.05, 3.63) is 47.5 Å². The number of benzene rings is 1. The van der Waals surface area contributed by atoms with Crippen LogP contribution in [0.2, 0.25) is 0 Å². The number of hydrogen-bond acceptors (Lipinski definition) is 7. The van der Waals surface area contributed by atoms with Crippen LogP contribution in [0.1, 0.15) is 31.1 Å². The van der Waals surface area contributed by atoms with Gasteiger partial charge < -0.3 is 19.5 Å². The van der Waals surface area contributed by atoms with Crippen molar-refractivity contribution in [2.75, 3.05) is 26.1 Å². The van der Waals surface area contributed by atoms with Crippen molar-refractivity contribution in [3.8, 4) is 11.5 Å². The summed E-state index contributed by atoms with van der Waals surface area (Å²) >= 11 is 0. The maximum atomic E-state index is 13.0. The fourth-order valence-electron chi connectivity index (χ4n) is 3.24. The molecule has 0 aliphatic heterocycles. The maximum absolute atomic E-state index is 13.0. The molecule has 2 heterocycles. The number of hydrogen-bond donors (Lipinski definition) is 1. The largest absolute Gasteiger partial charge is 0.493 e. The molecule has 0 amide bonds. The molecule has 1 atom stereocenters. The molecule has 0 bridgehead atoms. The fraction of sp³-hybridized carbons (Fsp3) is 0.435. The number of aryl methyl sites for hydroxylation is 1. The summed E-state index contributed by atoms with van der Waals surface area (Å²) in [4.78, 5) is 12.6. The van der Waals surface area contributed by atoms with Crippen molar-refractivity contribution in [3.63, 3.8) is 0 Å². The van der Waals surface area contributed by atoms with E-state index in [1.54, 1.807) is 33.3 Å². The highest BCUT2D eigenvalue weighted by Gasteiger charge is 2.32. The number of pyridine rings is 1. The van der Waals surface area contributed by atoms with Gasteiger partial charge in [0.25, 0.3) is 0 Å². The van der Waals surface area contributed by atoms with Gasteiger partial charge in [0.1, 0.15) is 23.4 Å². The molecule has 178 valence electrons. The second kappa shape index (κ2) is 10.2. The number of nitrogens with zero attached hydrogens (tertiary/aromatic N) is 3. The van der Waals surface area contributed by atoms with Crippen LogP contribution >= 0.6 is 0 Å². The Kier molecular flexibility index (Phi) is 7.57.